The maximum Gasteiger partial charge on any atom is 0.237 e. The molecular weight excluding hydrogens is 354 g/mol. The smallest absolute Gasteiger partial charge is 0.237 e. The van der Waals surface area contributed by atoms with Gasteiger partial charge >= 0.3 is 0 Å². The van der Waals surface area contributed by atoms with Gasteiger partial charge in [0.2, 0.25) is 5.91 Å². The average molecular weight is 382 g/mol. The molecule has 0 aliphatic heterocycles. The molecule has 1 amide bonds. The van der Waals surface area contributed by atoms with Gasteiger partial charge in [-0.2, -0.15) is 5.26 Å². The number of nitrogens with one attached hydrogen (secondary N) is 1. The molecule has 1 aromatic heterocycles. The Labute approximate surface area is 166 Å². The van der Waals surface area contributed by atoms with E-state index in [1.807, 2.05) is 45.9 Å². The van der Waals surface area contributed by atoms with E-state index in [-0.39, 0.29) is 11.2 Å². The molecule has 0 spiro atoms. The summed E-state index contributed by atoms with van der Waals surface area (Å²) in [7, 11) is 0. The molecule has 0 fully saturated rings. The largest absolute Gasteiger partial charge is 0.325 e. The molecule has 5 heteroatoms. The van der Waals surface area contributed by atoms with Gasteiger partial charge in [-0.1, -0.05) is 43.8 Å². The standard InChI is InChI=1S/C22H27N3OS/c1-7-13(2)18-10-8-9-11-20(18)25-21(26)17(6)27-22-19(12-23)15(4)14(3)16(5)24-22/h8-11,13,17H,7H2,1-6H3,(H,25,26)/t13-,17+/m1/s1. The lowest BCUT2D eigenvalue weighted by atomic mass is 9.97. The van der Waals surface area contributed by atoms with Crippen molar-refractivity contribution in [3.05, 3.63) is 52.2 Å². The number of benzene rings is 1. The Morgan fingerprint density at radius 3 is 2.52 bits per heavy atom. The molecule has 2 rings (SSSR count). The average Bonchev–Trinajstić information content (AvgIpc) is 2.66. The van der Waals surface area contributed by atoms with Crippen molar-refractivity contribution in [3.8, 4) is 6.07 Å². The number of anilines is 1. The van der Waals surface area contributed by atoms with E-state index in [9.17, 15) is 10.1 Å². The monoisotopic (exact) mass is 381 g/mol. The number of nitriles is 1. The van der Waals surface area contributed by atoms with Crippen LogP contribution in [0.15, 0.2) is 29.3 Å². The Bertz CT molecular complexity index is 886. The first-order valence-electron chi connectivity index (χ1n) is 9.24. The normalized spacial score (nSPS) is 12.9. The minimum absolute atomic E-state index is 0.0858. The molecule has 1 N–H and O–H groups in total. The second kappa shape index (κ2) is 9.05. The first-order chi connectivity index (χ1) is 12.8. The minimum Gasteiger partial charge on any atom is -0.325 e. The number of aryl methyl sites for hydroxylation is 1. The lowest BCUT2D eigenvalue weighted by Gasteiger charge is -2.18. The Morgan fingerprint density at radius 1 is 1.22 bits per heavy atom. The second-order valence-electron chi connectivity index (χ2n) is 6.89. The number of hydrogen-bond acceptors (Lipinski definition) is 4. The quantitative estimate of drug-likeness (QED) is 0.670. The molecule has 27 heavy (non-hydrogen) atoms. The van der Waals surface area contributed by atoms with Crippen LogP contribution in [0, 0.1) is 32.1 Å². The van der Waals surface area contributed by atoms with Gasteiger partial charge in [0.15, 0.2) is 0 Å². The first-order valence-corrected chi connectivity index (χ1v) is 10.1. The molecule has 0 aliphatic rings. The van der Waals surface area contributed by atoms with Gasteiger partial charge in [0.25, 0.3) is 0 Å². The summed E-state index contributed by atoms with van der Waals surface area (Å²) >= 11 is 1.33. The van der Waals surface area contributed by atoms with Crippen LogP contribution in [0.2, 0.25) is 0 Å². The van der Waals surface area contributed by atoms with Gasteiger partial charge in [-0.25, -0.2) is 4.98 Å². The molecule has 2 aromatic rings. The molecular formula is C22H27N3OS. The zero-order valence-corrected chi connectivity index (χ0v) is 17.7. The van der Waals surface area contributed by atoms with Gasteiger partial charge in [-0.15, -0.1) is 0 Å². The van der Waals surface area contributed by atoms with Gasteiger partial charge in [-0.05, 0) is 62.8 Å². The van der Waals surface area contributed by atoms with Crippen LogP contribution in [-0.2, 0) is 4.79 Å². The summed E-state index contributed by atoms with van der Waals surface area (Å²) in [5.41, 5.74) is 5.40. The van der Waals surface area contributed by atoms with E-state index in [0.29, 0.717) is 16.5 Å². The molecule has 0 bridgehead atoms. The highest BCUT2D eigenvalue weighted by molar-refractivity contribution is 8.00. The van der Waals surface area contributed by atoms with Crippen LogP contribution in [-0.4, -0.2) is 16.1 Å². The van der Waals surface area contributed by atoms with Crippen molar-refractivity contribution in [2.45, 2.75) is 64.2 Å². The predicted molar refractivity (Wildman–Crippen MR) is 112 cm³/mol. The second-order valence-corrected chi connectivity index (χ2v) is 8.21. The molecule has 2 atom stereocenters. The SMILES string of the molecule is CC[C@@H](C)c1ccccc1NC(=O)[C@H](C)Sc1nc(C)c(C)c(C)c1C#N. The fourth-order valence-corrected chi connectivity index (χ4v) is 3.85. The summed E-state index contributed by atoms with van der Waals surface area (Å²) < 4.78 is 0. The zero-order valence-electron chi connectivity index (χ0n) is 16.9. The van der Waals surface area contributed by atoms with Crippen molar-refractivity contribution < 1.29 is 4.79 Å². The van der Waals surface area contributed by atoms with E-state index in [4.69, 9.17) is 0 Å². The fraction of sp³-hybridized carbons (Fsp3) is 0.409. The lowest BCUT2D eigenvalue weighted by Crippen LogP contribution is -2.23. The van der Waals surface area contributed by atoms with E-state index in [1.165, 1.54) is 11.8 Å². The highest BCUT2D eigenvalue weighted by atomic mass is 32.2. The number of pyridine rings is 1. The van der Waals surface area contributed by atoms with Crippen molar-refractivity contribution in [2.24, 2.45) is 0 Å². The molecule has 0 radical (unpaired) electrons. The van der Waals surface area contributed by atoms with Crippen molar-refractivity contribution in [3.63, 3.8) is 0 Å². The first kappa shape index (κ1) is 21.0. The third kappa shape index (κ3) is 4.70. The van der Waals surface area contributed by atoms with Crippen LogP contribution in [0.3, 0.4) is 0 Å². The number of nitrogens with zero attached hydrogens (tertiary/aromatic N) is 2. The summed E-state index contributed by atoms with van der Waals surface area (Å²) in [5.74, 6) is 0.288. The summed E-state index contributed by atoms with van der Waals surface area (Å²) in [4.78, 5) is 17.3. The van der Waals surface area contributed by atoms with Gasteiger partial charge in [-0.3, -0.25) is 4.79 Å². The number of carbonyl (C=O) groups excluding carboxylic acids is 1. The number of rotatable bonds is 6. The van der Waals surface area contributed by atoms with Gasteiger partial charge in [0, 0.05) is 11.4 Å². The van der Waals surface area contributed by atoms with Crippen LogP contribution in [0.5, 0.6) is 0 Å². The maximum absolute atomic E-state index is 12.8. The van der Waals surface area contributed by atoms with Crippen LogP contribution in [0.1, 0.15) is 61.1 Å². The topological polar surface area (TPSA) is 65.8 Å². The Morgan fingerprint density at radius 2 is 1.89 bits per heavy atom. The zero-order chi connectivity index (χ0) is 20.1. The van der Waals surface area contributed by atoms with Gasteiger partial charge in [0.1, 0.15) is 11.1 Å². The maximum atomic E-state index is 12.8. The third-order valence-corrected chi connectivity index (χ3v) is 6.18. The summed E-state index contributed by atoms with van der Waals surface area (Å²) in [5, 5.41) is 12.8. The van der Waals surface area contributed by atoms with Crippen molar-refractivity contribution >= 4 is 23.4 Å². The lowest BCUT2D eigenvalue weighted by molar-refractivity contribution is -0.115. The van der Waals surface area contributed by atoms with E-state index < -0.39 is 0 Å². The number of aromatic nitrogens is 1. The van der Waals surface area contributed by atoms with Crippen LogP contribution >= 0.6 is 11.8 Å². The number of amides is 1. The van der Waals surface area contributed by atoms with E-state index in [0.717, 1.165) is 34.5 Å². The number of para-hydroxylation sites is 1. The fourth-order valence-electron chi connectivity index (χ4n) is 2.84. The van der Waals surface area contributed by atoms with Gasteiger partial charge < -0.3 is 5.32 Å². The molecule has 142 valence electrons. The number of carbonyl (C=O) groups is 1. The molecule has 1 aromatic carbocycles. The summed E-state index contributed by atoms with van der Waals surface area (Å²) in [6, 6.07) is 10.2. The predicted octanol–water partition coefficient (Wildman–Crippen LogP) is 5.51. The molecule has 0 aliphatic carbocycles. The third-order valence-electron chi connectivity index (χ3n) is 5.09. The highest BCUT2D eigenvalue weighted by Crippen LogP contribution is 2.31. The highest BCUT2D eigenvalue weighted by Gasteiger charge is 2.21. The molecule has 4 nitrogen and oxygen atoms in total. The molecule has 0 unspecified atom stereocenters. The minimum atomic E-state index is -0.365. The van der Waals surface area contributed by atoms with E-state index in [2.05, 4.69) is 36.3 Å². The van der Waals surface area contributed by atoms with E-state index >= 15 is 0 Å². The number of thioether (sulfide) groups is 1. The summed E-state index contributed by atoms with van der Waals surface area (Å²) in [6.45, 7) is 12.0. The Balaban J connectivity index is 2.22. The molecule has 1 heterocycles. The molecule has 0 saturated heterocycles. The Kier molecular flexibility index (Phi) is 7.04. The van der Waals surface area contributed by atoms with Crippen molar-refractivity contribution in [1.82, 2.24) is 4.98 Å². The van der Waals surface area contributed by atoms with Crippen LogP contribution in [0.4, 0.5) is 5.69 Å². The van der Waals surface area contributed by atoms with Gasteiger partial charge in [0.05, 0.1) is 10.8 Å². The summed E-state index contributed by atoms with van der Waals surface area (Å²) in [6.07, 6.45) is 1.01. The van der Waals surface area contributed by atoms with Crippen molar-refractivity contribution in [1.29, 1.82) is 5.26 Å². The van der Waals surface area contributed by atoms with Crippen molar-refractivity contribution in [2.75, 3.05) is 5.32 Å². The van der Waals surface area contributed by atoms with Crippen LogP contribution in [0.25, 0.3) is 0 Å². The van der Waals surface area contributed by atoms with Crippen LogP contribution < -0.4 is 5.32 Å². The molecule has 0 saturated carbocycles. The van der Waals surface area contributed by atoms with E-state index in [1.54, 1.807) is 0 Å². The Hall–Kier alpha value is -2.32. The number of hydrogen-bond donors (Lipinski definition) is 1.